The van der Waals surface area contributed by atoms with Gasteiger partial charge in [0.1, 0.15) is 6.04 Å². The summed E-state index contributed by atoms with van der Waals surface area (Å²) in [6.07, 6.45) is 5.70. The van der Waals surface area contributed by atoms with E-state index in [0.717, 1.165) is 39.7 Å². The normalized spacial score (nSPS) is 16.1. The minimum absolute atomic E-state index is 0.0370. The van der Waals surface area contributed by atoms with Crippen molar-refractivity contribution in [3.8, 4) is 0 Å². The number of nitrogens with zero attached hydrogens (tertiary/aromatic N) is 2. The minimum Gasteiger partial charge on any atom is -0.348 e. The highest BCUT2D eigenvalue weighted by Crippen LogP contribution is 2.34. The van der Waals surface area contributed by atoms with E-state index in [9.17, 15) is 40.0 Å². The van der Waals surface area contributed by atoms with Crippen LogP contribution in [0.2, 0.25) is 0 Å². The van der Waals surface area contributed by atoms with Crippen molar-refractivity contribution < 1.29 is 40.0 Å². The van der Waals surface area contributed by atoms with Gasteiger partial charge in [-0.3, -0.25) is 9.59 Å². The molecule has 1 aliphatic heterocycles. The fourth-order valence-corrected chi connectivity index (χ4v) is 7.17. The molecule has 1 fully saturated rings. The lowest BCUT2D eigenvalue weighted by Gasteiger charge is -2.31. The maximum atomic E-state index is 14.5. The Hall–Kier alpha value is -3.84. The summed E-state index contributed by atoms with van der Waals surface area (Å²) >= 11 is 0. The SMILES string of the molecule is C[C@H](C(=O)N(Cc1ccc(C2CCCCC2)cc1)c1ccc2c(c1)CNC2=O)N(C)S(=O)(=O)c1c(F)c(F)c(F)c(F)c1F. The zero-order valence-electron chi connectivity index (χ0n) is 24.0. The van der Waals surface area contributed by atoms with Gasteiger partial charge in [-0.05, 0) is 60.6 Å². The molecule has 2 amide bonds. The summed E-state index contributed by atoms with van der Waals surface area (Å²) in [6.45, 7) is 1.32. The van der Waals surface area contributed by atoms with Crippen molar-refractivity contribution >= 4 is 27.5 Å². The van der Waals surface area contributed by atoms with E-state index in [1.165, 1.54) is 29.0 Å². The number of carbonyl (C=O) groups excluding carboxylic acids is 2. The molecule has 3 aromatic rings. The van der Waals surface area contributed by atoms with Crippen LogP contribution in [0.5, 0.6) is 0 Å². The number of rotatable bonds is 8. The summed E-state index contributed by atoms with van der Waals surface area (Å²) < 4.78 is 97.1. The van der Waals surface area contributed by atoms with E-state index in [1.807, 2.05) is 24.3 Å². The quantitative estimate of drug-likeness (QED) is 0.189. The zero-order chi connectivity index (χ0) is 31.9. The number of benzene rings is 3. The molecule has 0 saturated heterocycles. The van der Waals surface area contributed by atoms with Crippen LogP contribution in [0.25, 0.3) is 0 Å². The number of halogens is 5. The Bertz CT molecular complexity index is 1700. The molecule has 0 unspecified atom stereocenters. The van der Waals surface area contributed by atoms with E-state index in [4.69, 9.17) is 0 Å². The molecule has 2 aliphatic rings. The van der Waals surface area contributed by atoms with Crippen molar-refractivity contribution in [3.05, 3.63) is 93.8 Å². The van der Waals surface area contributed by atoms with Crippen molar-refractivity contribution in [2.45, 2.75) is 69.0 Å². The molecule has 1 saturated carbocycles. The molecule has 44 heavy (non-hydrogen) atoms. The third-order valence-corrected chi connectivity index (χ3v) is 10.4. The van der Waals surface area contributed by atoms with Crippen LogP contribution in [0.4, 0.5) is 27.6 Å². The lowest BCUT2D eigenvalue weighted by atomic mass is 9.84. The van der Waals surface area contributed by atoms with Crippen LogP contribution in [0.1, 0.15) is 72.0 Å². The second-order valence-corrected chi connectivity index (χ2v) is 13.1. The van der Waals surface area contributed by atoms with Gasteiger partial charge in [-0.2, -0.15) is 4.31 Å². The highest BCUT2D eigenvalue weighted by atomic mass is 32.2. The molecule has 3 aromatic carbocycles. The summed E-state index contributed by atoms with van der Waals surface area (Å²) in [7, 11) is -4.58. The Labute approximate surface area is 251 Å². The van der Waals surface area contributed by atoms with Gasteiger partial charge in [0.2, 0.25) is 21.7 Å². The Balaban J connectivity index is 1.48. The van der Waals surface area contributed by atoms with Gasteiger partial charge in [-0.25, -0.2) is 30.4 Å². The van der Waals surface area contributed by atoms with Crippen LogP contribution < -0.4 is 10.2 Å². The number of fused-ring (bicyclic) bond motifs is 1. The van der Waals surface area contributed by atoms with Crippen molar-refractivity contribution in [2.75, 3.05) is 11.9 Å². The second kappa shape index (κ2) is 12.3. The standard InChI is InChI=1S/C31H30F5N3O4S/c1-17(38(2)44(42,43)29-27(35)25(33)24(32)26(34)28(29)36)31(41)39(22-12-13-23-21(14-22)15-37-30(23)40)16-18-8-10-20(11-9-18)19-6-4-3-5-7-19/h8-14,17,19H,3-7,15-16H2,1-2H3,(H,37,40)/t17-/m1/s1. The summed E-state index contributed by atoms with van der Waals surface area (Å²) in [5.41, 5.74) is 3.21. The topological polar surface area (TPSA) is 86.8 Å². The number of anilines is 1. The fraction of sp³-hybridized carbons (Fsp3) is 0.355. The Kier molecular flexibility index (Phi) is 8.81. The molecule has 1 heterocycles. The Morgan fingerprint density at radius 1 is 0.909 bits per heavy atom. The first-order chi connectivity index (χ1) is 20.8. The number of hydrogen-bond acceptors (Lipinski definition) is 4. The molecule has 234 valence electrons. The molecule has 5 rings (SSSR count). The number of hydrogen-bond donors (Lipinski definition) is 1. The van der Waals surface area contributed by atoms with Gasteiger partial charge in [0.25, 0.3) is 5.91 Å². The van der Waals surface area contributed by atoms with E-state index in [1.54, 1.807) is 6.07 Å². The number of likely N-dealkylation sites (N-methyl/N-ethyl adjacent to an activating group) is 1. The van der Waals surface area contributed by atoms with Crippen molar-refractivity contribution in [1.82, 2.24) is 9.62 Å². The molecule has 0 radical (unpaired) electrons. The van der Waals surface area contributed by atoms with Gasteiger partial charge < -0.3 is 10.2 Å². The predicted octanol–water partition coefficient (Wildman–Crippen LogP) is 5.92. The van der Waals surface area contributed by atoms with E-state index in [2.05, 4.69) is 5.32 Å². The second-order valence-electron chi connectivity index (χ2n) is 11.1. The number of sulfonamides is 1. The summed E-state index contributed by atoms with van der Waals surface area (Å²) in [5, 5.41) is 2.68. The maximum absolute atomic E-state index is 14.5. The first-order valence-corrected chi connectivity index (χ1v) is 15.6. The molecule has 1 aliphatic carbocycles. The van der Waals surface area contributed by atoms with Crippen LogP contribution >= 0.6 is 0 Å². The molecule has 0 spiro atoms. The van der Waals surface area contributed by atoms with E-state index < -0.39 is 56.0 Å². The van der Waals surface area contributed by atoms with E-state index in [0.29, 0.717) is 28.3 Å². The number of carbonyl (C=O) groups is 2. The van der Waals surface area contributed by atoms with Crippen LogP contribution in [0, 0.1) is 29.1 Å². The smallest absolute Gasteiger partial charge is 0.251 e. The van der Waals surface area contributed by atoms with Gasteiger partial charge in [-0.15, -0.1) is 0 Å². The lowest BCUT2D eigenvalue weighted by molar-refractivity contribution is -0.121. The van der Waals surface area contributed by atoms with Gasteiger partial charge in [-0.1, -0.05) is 43.5 Å². The first-order valence-electron chi connectivity index (χ1n) is 14.1. The predicted molar refractivity (Wildman–Crippen MR) is 152 cm³/mol. The van der Waals surface area contributed by atoms with E-state index >= 15 is 0 Å². The van der Waals surface area contributed by atoms with Crippen molar-refractivity contribution in [2.24, 2.45) is 0 Å². The van der Waals surface area contributed by atoms with Crippen LogP contribution in [-0.4, -0.2) is 37.6 Å². The Morgan fingerprint density at radius 2 is 1.50 bits per heavy atom. The largest absolute Gasteiger partial charge is 0.348 e. The molecule has 1 N–H and O–H groups in total. The monoisotopic (exact) mass is 635 g/mol. The molecular weight excluding hydrogens is 605 g/mol. The summed E-state index contributed by atoms with van der Waals surface area (Å²) in [5.74, 6) is -13.1. The third kappa shape index (κ3) is 5.70. The average molecular weight is 636 g/mol. The van der Waals surface area contributed by atoms with Crippen molar-refractivity contribution in [1.29, 1.82) is 0 Å². The highest BCUT2D eigenvalue weighted by Gasteiger charge is 2.40. The maximum Gasteiger partial charge on any atom is 0.251 e. The summed E-state index contributed by atoms with van der Waals surface area (Å²) in [6, 6.07) is 10.7. The summed E-state index contributed by atoms with van der Waals surface area (Å²) in [4.78, 5) is 25.2. The molecule has 0 bridgehead atoms. The third-order valence-electron chi connectivity index (χ3n) is 8.46. The molecule has 0 aromatic heterocycles. The van der Waals surface area contributed by atoms with Gasteiger partial charge in [0, 0.05) is 24.8 Å². The van der Waals surface area contributed by atoms with Crippen LogP contribution in [0.15, 0.2) is 47.4 Å². The fourth-order valence-electron chi connectivity index (χ4n) is 5.74. The molecule has 7 nitrogen and oxygen atoms in total. The Morgan fingerprint density at radius 3 is 2.11 bits per heavy atom. The van der Waals surface area contributed by atoms with Crippen LogP contribution in [0.3, 0.4) is 0 Å². The van der Waals surface area contributed by atoms with Gasteiger partial charge in [0.05, 0.1) is 6.54 Å². The minimum atomic E-state index is -5.40. The lowest BCUT2D eigenvalue weighted by Crippen LogP contribution is -2.48. The number of nitrogens with one attached hydrogen (secondary N) is 1. The van der Waals surface area contributed by atoms with E-state index in [-0.39, 0.29) is 23.3 Å². The zero-order valence-corrected chi connectivity index (χ0v) is 24.8. The van der Waals surface area contributed by atoms with Gasteiger partial charge in [0.15, 0.2) is 28.2 Å². The van der Waals surface area contributed by atoms with Crippen molar-refractivity contribution in [3.63, 3.8) is 0 Å². The molecular formula is C31H30F5N3O4S. The molecule has 13 heteroatoms. The highest BCUT2D eigenvalue weighted by molar-refractivity contribution is 7.89. The average Bonchev–Trinajstić information content (AvgIpc) is 3.40. The first kappa shape index (κ1) is 31.6. The molecule has 1 atom stereocenters. The van der Waals surface area contributed by atoms with Gasteiger partial charge >= 0.3 is 0 Å². The van der Waals surface area contributed by atoms with Crippen LogP contribution in [-0.2, 0) is 27.9 Å². The number of amides is 2.